The summed E-state index contributed by atoms with van der Waals surface area (Å²) < 4.78 is 39.5. The van der Waals surface area contributed by atoms with Crippen LogP contribution in [-0.4, -0.2) is 31.8 Å². The number of hydrogen-bond acceptors (Lipinski definition) is 3. The Balaban J connectivity index is 2.35. The van der Waals surface area contributed by atoms with Crippen molar-refractivity contribution in [3.63, 3.8) is 0 Å². The van der Waals surface area contributed by atoms with E-state index in [0.29, 0.717) is 12.8 Å². The summed E-state index contributed by atoms with van der Waals surface area (Å²) in [5, 5.41) is 8.10. The Morgan fingerprint density at radius 1 is 1.35 bits per heavy atom. The van der Waals surface area contributed by atoms with Crippen molar-refractivity contribution >= 4 is 21.7 Å². The fraction of sp³-hybridized carbons (Fsp3) is 0.462. The number of anilines is 1. The lowest BCUT2D eigenvalue weighted by Crippen LogP contribution is -2.40. The lowest BCUT2D eigenvalue weighted by atomic mass is 10.1. The smallest absolute Gasteiger partial charge is 0.307 e. The van der Waals surface area contributed by atoms with Gasteiger partial charge in [-0.2, -0.15) is 0 Å². The maximum atomic E-state index is 13.7. The highest BCUT2D eigenvalue weighted by Gasteiger charge is 2.43. The lowest BCUT2D eigenvalue weighted by Gasteiger charge is -2.25. The molecule has 1 aromatic carbocycles. The molecular weight excluding hydrogens is 285 g/mol. The number of rotatable bonds is 4. The third-order valence-corrected chi connectivity index (χ3v) is 6.02. The molecule has 2 atom stereocenters. The molecule has 0 radical (unpaired) electrons. The summed E-state index contributed by atoms with van der Waals surface area (Å²) in [4.78, 5) is 11.1. The summed E-state index contributed by atoms with van der Waals surface area (Å²) in [6.07, 6.45) is 1.18. The Morgan fingerprint density at radius 3 is 2.60 bits per heavy atom. The SMILES string of the molecule is CN(c1ccccc1F)S(=O)(=O)C1CCCC1C(=O)O. The summed E-state index contributed by atoms with van der Waals surface area (Å²) in [5.74, 6) is -2.68. The summed E-state index contributed by atoms with van der Waals surface area (Å²) in [6.45, 7) is 0. The first-order chi connectivity index (χ1) is 9.35. The minimum Gasteiger partial charge on any atom is -0.481 e. The highest BCUT2D eigenvalue weighted by atomic mass is 32.2. The van der Waals surface area contributed by atoms with E-state index in [9.17, 15) is 17.6 Å². The van der Waals surface area contributed by atoms with Crippen LogP contribution in [0.2, 0.25) is 0 Å². The number of carbonyl (C=O) groups is 1. The number of para-hydroxylation sites is 1. The van der Waals surface area contributed by atoms with Crippen LogP contribution in [0.5, 0.6) is 0 Å². The fourth-order valence-corrected chi connectivity index (χ4v) is 4.57. The average Bonchev–Trinajstić information content (AvgIpc) is 2.88. The number of nitrogens with zero attached hydrogens (tertiary/aromatic N) is 1. The molecule has 0 spiro atoms. The number of halogens is 1. The van der Waals surface area contributed by atoms with E-state index in [0.717, 1.165) is 4.31 Å². The maximum Gasteiger partial charge on any atom is 0.307 e. The van der Waals surface area contributed by atoms with Crippen molar-refractivity contribution in [1.29, 1.82) is 0 Å². The molecule has 2 unspecified atom stereocenters. The molecule has 1 aliphatic carbocycles. The summed E-state index contributed by atoms with van der Waals surface area (Å²) in [5.41, 5.74) is -0.0662. The second kappa shape index (κ2) is 5.40. The van der Waals surface area contributed by atoms with Gasteiger partial charge >= 0.3 is 5.97 Å². The first-order valence-corrected chi connectivity index (χ1v) is 7.81. The Hall–Kier alpha value is -1.63. The second-order valence-corrected chi connectivity index (χ2v) is 7.06. The largest absolute Gasteiger partial charge is 0.481 e. The molecule has 1 N–H and O–H groups in total. The molecule has 0 amide bonds. The summed E-state index contributed by atoms with van der Waals surface area (Å²) in [6, 6.07) is 5.53. The van der Waals surface area contributed by atoms with Gasteiger partial charge in [0.2, 0.25) is 10.0 Å². The molecule has 1 aliphatic rings. The first-order valence-electron chi connectivity index (χ1n) is 6.30. The molecule has 0 bridgehead atoms. The molecule has 0 saturated heterocycles. The fourth-order valence-electron chi connectivity index (χ4n) is 2.61. The molecule has 5 nitrogen and oxygen atoms in total. The van der Waals surface area contributed by atoms with Gasteiger partial charge in [-0.3, -0.25) is 9.10 Å². The van der Waals surface area contributed by atoms with Crippen molar-refractivity contribution in [3.8, 4) is 0 Å². The van der Waals surface area contributed by atoms with Crippen LogP contribution in [0, 0.1) is 11.7 Å². The van der Waals surface area contributed by atoms with Gasteiger partial charge in [-0.25, -0.2) is 12.8 Å². The van der Waals surface area contributed by atoms with E-state index in [1.165, 1.54) is 31.3 Å². The number of aliphatic carboxylic acids is 1. The predicted molar refractivity (Wildman–Crippen MR) is 72.5 cm³/mol. The third-order valence-electron chi connectivity index (χ3n) is 3.73. The zero-order chi connectivity index (χ0) is 14.9. The molecule has 20 heavy (non-hydrogen) atoms. The molecule has 2 rings (SSSR count). The van der Waals surface area contributed by atoms with Crippen molar-refractivity contribution < 1.29 is 22.7 Å². The van der Waals surface area contributed by atoms with Crippen LogP contribution in [0.1, 0.15) is 19.3 Å². The van der Waals surface area contributed by atoms with Gasteiger partial charge in [-0.15, -0.1) is 0 Å². The van der Waals surface area contributed by atoms with Crippen molar-refractivity contribution in [2.45, 2.75) is 24.5 Å². The van der Waals surface area contributed by atoms with Crippen LogP contribution in [0.25, 0.3) is 0 Å². The summed E-state index contributed by atoms with van der Waals surface area (Å²) in [7, 11) is -2.64. The number of carboxylic acids is 1. The highest BCUT2D eigenvalue weighted by Crippen LogP contribution is 2.34. The molecular formula is C13H16FNO4S. The number of hydrogen-bond donors (Lipinski definition) is 1. The van der Waals surface area contributed by atoms with Gasteiger partial charge in [0.05, 0.1) is 16.9 Å². The van der Waals surface area contributed by atoms with Gasteiger partial charge in [-0.05, 0) is 25.0 Å². The molecule has 110 valence electrons. The van der Waals surface area contributed by atoms with Crippen LogP contribution >= 0.6 is 0 Å². The Kier molecular flexibility index (Phi) is 3.99. The Bertz CT molecular complexity index is 617. The quantitative estimate of drug-likeness (QED) is 0.921. The molecule has 0 heterocycles. The molecule has 0 aromatic heterocycles. The number of sulfonamides is 1. The second-order valence-electron chi connectivity index (χ2n) is 4.88. The van der Waals surface area contributed by atoms with Crippen LogP contribution in [0.15, 0.2) is 24.3 Å². The van der Waals surface area contributed by atoms with E-state index in [1.807, 2.05) is 0 Å². The number of carboxylic acid groups (broad SMARTS) is 1. The van der Waals surface area contributed by atoms with E-state index in [4.69, 9.17) is 5.11 Å². The zero-order valence-corrected chi connectivity index (χ0v) is 11.8. The Labute approximate surface area is 117 Å². The van der Waals surface area contributed by atoms with Gasteiger partial charge in [0.25, 0.3) is 0 Å². The zero-order valence-electron chi connectivity index (χ0n) is 11.0. The average molecular weight is 301 g/mol. The van der Waals surface area contributed by atoms with Gasteiger partial charge in [-0.1, -0.05) is 18.6 Å². The highest BCUT2D eigenvalue weighted by molar-refractivity contribution is 7.93. The summed E-state index contributed by atoms with van der Waals surface area (Å²) >= 11 is 0. The van der Waals surface area contributed by atoms with Crippen molar-refractivity contribution in [2.75, 3.05) is 11.4 Å². The first kappa shape index (κ1) is 14.8. The van der Waals surface area contributed by atoms with Gasteiger partial charge in [0.1, 0.15) is 5.82 Å². The van der Waals surface area contributed by atoms with E-state index < -0.39 is 33.0 Å². The number of benzene rings is 1. The molecule has 1 aromatic rings. The monoisotopic (exact) mass is 301 g/mol. The van der Waals surface area contributed by atoms with Crippen LogP contribution in [-0.2, 0) is 14.8 Å². The minimum absolute atomic E-state index is 0.0662. The van der Waals surface area contributed by atoms with E-state index in [1.54, 1.807) is 0 Å². The van der Waals surface area contributed by atoms with E-state index in [2.05, 4.69) is 0 Å². The predicted octanol–water partition coefficient (Wildman–Crippen LogP) is 1.85. The topological polar surface area (TPSA) is 74.7 Å². The van der Waals surface area contributed by atoms with E-state index in [-0.39, 0.29) is 12.1 Å². The normalized spacial score (nSPS) is 22.7. The molecule has 7 heteroatoms. The van der Waals surface area contributed by atoms with Crippen molar-refractivity contribution in [2.24, 2.45) is 5.92 Å². The van der Waals surface area contributed by atoms with Gasteiger partial charge in [0.15, 0.2) is 0 Å². The molecule has 0 aliphatic heterocycles. The maximum absolute atomic E-state index is 13.7. The van der Waals surface area contributed by atoms with Crippen molar-refractivity contribution in [1.82, 2.24) is 0 Å². The van der Waals surface area contributed by atoms with E-state index >= 15 is 0 Å². The minimum atomic E-state index is -3.90. The van der Waals surface area contributed by atoms with Crippen LogP contribution in [0.4, 0.5) is 10.1 Å². The van der Waals surface area contributed by atoms with Crippen LogP contribution < -0.4 is 4.31 Å². The molecule has 1 fully saturated rings. The van der Waals surface area contributed by atoms with Gasteiger partial charge in [0, 0.05) is 7.05 Å². The third kappa shape index (κ3) is 2.49. The lowest BCUT2D eigenvalue weighted by molar-refractivity contribution is -0.141. The van der Waals surface area contributed by atoms with Gasteiger partial charge < -0.3 is 5.11 Å². The van der Waals surface area contributed by atoms with Crippen LogP contribution in [0.3, 0.4) is 0 Å². The standard InChI is InChI=1S/C13H16FNO4S/c1-15(11-7-3-2-6-10(11)14)20(18,19)12-8-4-5-9(12)13(16)17/h2-3,6-7,9,12H,4-5,8H2,1H3,(H,16,17). The van der Waals surface area contributed by atoms with Crippen molar-refractivity contribution in [3.05, 3.63) is 30.1 Å². The molecule has 1 saturated carbocycles. The Morgan fingerprint density at radius 2 is 2.00 bits per heavy atom.